The van der Waals surface area contributed by atoms with Crippen LogP contribution in [0.2, 0.25) is 0 Å². The van der Waals surface area contributed by atoms with Gasteiger partial charge in [-0.3, -0.25) is 4.79 Å². The summed E-state index contributed by atoms with van der Waals surface area (Å²) in [6.07, 6.45) is 1.98. The van der Waals surface area contributed by atoms with Crippen LogP contribution in [-0.2, 0) is 0 Å². The summed E-state index contributed by atoms with van der Waals surface area (Å²) < 4.78 is 4.54. The van der Waals surface area contributed by atoms with Crippen molar-refractivity contribution in [1.29, 1.82) is 0 Å². The lowest BCUT2D eigenvalue weighted by atomic mass is 10.2. The average Bonchev–Trinajstić information content (AvgIpc) is 2.65. The Morgan fingerprint density at radius 1 is 1.86 bits per heavy atom. The van der Waals surface area contributed by atoms with E-state index in [1.807, 2.05) is 6.92 Å². The Hall–Kier alpha value is -1.43. The molecule has 76 valence electrons. The van der Waals surface area contributed by atoms with Gasteiger partial charge in [0.25, 0.3) is 5.91 Å². The van der Waals surface area contributed by atoms with E-state index in [0.717, 1.165) is 0 Å². The lowest BCUT2D eigenvalue weighted by molar-refractivity contribution is 0.0937. The smallest absolute Gasteiger partial charge is 0.274 e. The van der Waals surface area contributed by atoms with Crippen molar-refractivity contribution in [3.05, 3.63) is 18.0 Å². The van der Waals surface area contributed by atoms with E-state index in [9.17, 15) is 4.79 Å². The molecule has 1 rings (SSSR count). The number of nitrogens with one attached hydrogen (secondary N) is 1. The summed E-state index contributed by atoms with van der Waals surface area (Å²) in [5.41, 5.74) is 5.64. The molecule has 0 saturated carbocycles. The van der Waals surface area contributed by atoms with E-state index >= 15 is 0 Å². The molecule has 1 aromatic heterocycles. The molecule has 3 N–H and O–H groups in total. The number of carbonyl (C=O) groups is 1. The molecule has 1 heterocycles. The van der Waals surface area contributed by atoms with Gasteiger partial charge in [0.15, 0.2) is 5.69 Å². The van der Waals surface area contributed by atoms with Gasteiger partial charge >= 0.3 is 0 Å². The van der Waals surface area contributed by atoms with E-state index in [-0.39, 0.29) is 22.6 Å². The number of thiocarbonyl (C=S) groups is 1. The summed E-state index contributed by atoms with van der Waals surface area (Å²) in [5.74, 6) is -0.335. The van der Waals surface area contributed by atoms with Crippen molar-refractivity contribution in [2.45, 2.75) is 19.4 Å². The van der Waals surface area contributed by atoms with Crippen LogP contribution in [0, 0.1) is 0 Å². The fourth-order valence-corrected chi connectivity index (χ4v) is 1.16. The highest BCUT2D eigenvalue weighted by Gasteiger charge is 2.15. The fourth-order valence-electron chi connectivity index (χ4n) is 0.936. The molecule has 1 aromatic rings. The van der Waals surface area contributed by atoms with Crippen molar-refractivity contribution in [1.82, 2.24) is 10.5 Å². The van der Waals surface area contributed by atoms with E-state index in [4.69, 9.17) is 18.0 Å². The molecule has 1 amide bonds. The molecule has 6 heteroatoms. The van der Waals surface area contributed by atoms with Gasteiger partial charge in [-0.25, -0.2) is 0 Å². The zero-order valence-electron chi connectivity index (χ0n) is 7.69. The SMILES string of the molecule is CCC(NC(=O)c1ccon1)C(N)=S. The van der Waals surface area contributed by atoms with E-state index in [1.165, 1.54) is 12.3 Å². The number of carbonyl (C=O) groups excluding carboxylic acids is 1. The standard InChI is InChI=1S/C8H11N3O2S/c1-2-5(7(9)14)10-8(12)6-3-4-13-11-6/h3-5H,2H2,1H3,(H2,9,14)(H,10,12). The van der Waals surface area contributed by atoms with Crippen molar-refractivity contribution in [2.75, 3.05) is 0 Å². The Morgan fingerprint density at radius 3 is 3.00 bits per heavy atom. The zero-order valence-corrected chi connectivity index (χ0v) is 8.50. The van der Waals surface area contributed by atoms with Crippen LogP contribution in [0.5, 0.6) is 0 Å². The Morgan fingerprint density at radius 2 is 2.57 bits per heavy atom. The Bertz CT molecular complexity index is 323. The number of hydrogen-bond acceptors (Lipinski definition) is 4. The quantitative estimate of drug-likeness (QED) is 0.710. The van der Waals surface area contributed by atoms with Crippen LogP contribution in [0.25, 0.3) is 0 Å². The average molecular weight is 213 g/mol. The lowest BCUT2D eigenvalue weighted by Crippen LogP contribution is -2.43. The maximum Gasteiger partial charge on any atom is 0.274 e. The minimum atomic E-state index is -0.335. The van der Waals surface area contributed by atoms with Gasteiger partial charge in [0.05, 0.1) is 11.0 Å². The third-order valence-electron chi connectivity index (χ3n) is 1.73. The number of rotatable bonds is 4. The monoisotopic (exact) mass is 213 g/mol. The molecule has 0 aliphatic rings. The maximum atomic E-state index is 11.4. The summed E-state index contributed by atoms with van der Waals surface area (Å²) in [7, 11) is 0. The van der Waals surface area contributed by atoms with Crippen LogP contribution in [0.15, 0.2) is 16.9 Å². The normalized spacial score (nSPS) is 12.1. The number of amides is 1. The molecule has 0 aromatic carbocycles. The number of nitrogens with zero attached hydrogens (tertiary/aromatic N) is 1. The van der Waals surface area contributed by atoms with Crippen molar-refractivity contribution >= 4 is 23.1 Å². The van der Waals surface area contributed by atoms with Crippen LogP contribution >= 0.6 is 12.2 Å². The Kier molecular flexibility index (Phi) is 3.58. The summed E-state index contributed by atoms with van der Waals surface area (Å²) in [5, 5.41) is 6.13. The largest absolute Gasteiger partial charge is 0.392 e. The molecule has 14 heavy (non-hydrogen) atoms. The maximum absolute atomic E-state index is 11.4. The molecule has 0 aliphatic heterocycles. The molecule has 0 bridgehead atoms. The predicted octanol–water partition coefficient (Wildman–Crippen LogP) is 0.469. The van der Waals surface area contributed by atoms with Crippen molar-refractivity contribution < 1.29 is 9.32 Å². The number of aromatic nitrogens is 1. The molecule has 1 unspecified atom stereocenters. The second-order valence-corrected chi connectivity index (χ2v) is 3.19. The third kappa shape index (κ3) is 2.53. The Balaban J connectivity index is 2.60. The van der Waals surface area contributed by atoms with Crippen molar-refractivity contribution in [2.24, 2.45) is 5.73 Å². The van der Waals surface area contributed by atoms with E-state index in [2.05, 4.69) is 15.0 Å². The highest BCUT2D eigenvalue weighted by atomic mass is 32.1. The van der Waals surface area contributed by atoms with Gasteiger partial charge in [-0.2, -0.15) is 0 Å². The summed E-state index contributed by atoms with van der Waals surface area (Å²) in [6.45, 7) is 1.88. The first-order valence-electron chi connectivity index (χ1n) is 4.15. The molecular formula is C8H11N3O2S. The van der Waals surface area contributed by atoms with Crippen LogP contribution in [0.1, 0.15) is 23.8 Å². The first-order chi connectivity index (χ1) is 6.65. The van der Waals surface area contributed by atoms with Gasteiger partial charge in [-0.1, -0.05) is 24.3 Å². The van der Waals surface area contributed by atoms with Crippen LogP contribution in [0.4, 0.5) is 0 Å². The van der Waals surface area contributed by atoms with Gasteiger partial charge in [0, 0.05) is 6.07 Å². The molecular weight excluding hydrogens is 202 g/mol. The van der Waals surface area contributed by atoms with Crippen molar-refractivity contribution in [3.8, 4) is 0 Å². The first kappa shape index (κ1) is 10.6. The lowest BCUT2D eigenvalue weighted by Gasteiger charge is -2.13. The van der Waals surface area contributed by atoms with E-state index in [0.29, 0.717) is 6.42 Å². The van der Waals surface area contributed by atoms with Crippen LogP contribution in [-0.4, -0.2) is 22.1 Å². The van der Waals surface area contributed by atoms with Gasteiger partial charge in [-0.15, -0.1) is 0 Å². The predicted molar refractivity (Wildman–Crippen MR) is 54.8 cm³/mol. The van der Waals surface area contributed by atoms with Gasteiger partial charge < -0.3 is 15.6 Å². The number of hydrogen-bond donors (Lipinski definition) is 2. The molecule has 0 saturated heterocycles. The van der Waals surface area contributed by atoms with Crippen molar-refractivity contribution in [3.63, 3.8) is 0 Å². The second-order valence-electron chi connectivity index (χ2n) is 2.72. The van der Waals surface area contributed by atoms with Crippen LogP contribution < -0.4 is 11.1 Å². The molecule has 0 fully saturated rings. The minimum Gasteiger partial charge on any atom is -0.392 e. The Labute approximate surface area is 86.6 Å². The molecule has 0 radical (unpaired) electrons. The topological polar surface area (TPSA) is 81.2 Å². The third-order valence-corrected chi connectivity index (χ3v) is 2.01. The second kappa shape index (κ2) is 4.71. The highest BCUT2D eigenvalue weighted by Crippen LogP contribution is 1.97. The van der Waals surface area contributed by atoms with E-state index < -0.39 is 0 Å². The summed E-state index contributed by atoms with van der Waals surface area (Å²) in [4.78, 5) is 11.7. The molecule has 0 aliphatic carbocycles. The summed E-state index contributed by atoms with van der Waals surface area (Å²) in [6, 6.07) is 1.18. The van der Waals surface area contributed by atoms with Gasteiger partial charge in [0.2, 0.25) is 0 Å². The highest BCUT2D eigenvalue weighted by molar-refractivity contribution is 7.80. The van der Waals surface area contributed by atoms with Crippen LogP contribution in [0.3, 0.4) is 0 Å². The minimum absolute atomic E-state index is 0.222. The first-order valence-corrected chi connectivity index (χ1v) is 4.56. The fraction of sp³-hybridized carbons (Fsp3) is 0.375. The van der Waals surface area contributed by atoms with Gasteiger partial charge in [-0.05, 0) is 6.42 Å². The zero-order chi connectivity index (χ0) is 10.6. The molecule has 0 spiro atoms. The van der Waals surface area contributed by atoms with Gasteiger partial charge in [0.1, 0.15) is 6.26 Å². The molecule has 1 atom stereocenters. The number of nitrogens with two attached hydrogens (primary N) is 1. The summed E-state index contributed by atoms with van der Waals surface area (Å²) >= 11 is 4.78. The molecule has 5 nitrogen and oxygen atoms in total. The van der Waals surface area contributed by atoms with E-state index in [1.54, 1.807) is 0 Å².